The van der Waals surface area contributed by atoms with Gasteiger partial charge in [-0.2, -0.15) is 0 Å². The molecule has 100 valence electrons. The van der Waals surface area contributed by atoms with Crippen molar-refractivity contribution in [1.82, 2.24) is 4.90 Å². The van der Waals surface area contributed by atoms with E-state index < -0.39 is 17.9 Å². The van der Waals surface area contributed by atoms with E-state index in [1.165, 1.54) is 6.92 Å². The zero-order valence-electron chi connectivity index (χ0n) is 10.6. The highest BCUT2D eigenvalue weighted by Crippen LogP contribution is 2.43. The van der Waals surface area contributed by atoms with Gasteiger partial charge in [0.2, 0.25) is 0 Å². The highest BCUT2D eigenvalue weighted by Gasteiger charge is 2.53. The van der Waals surface area contributed by atoms with Gasteiger partial charge in [-0.1, -0.05) is 37.3 Å². The molecule has 0 saturated carbocycles. The molecule has 1 N–H and O–H groups in total. The minimum atomic E-state index is -2.84. The van der Waals surface area contributed by atoms with E-state index in [0.717, 1.165) is 5.56 Å². The van der Waals surface area contributed by atoms with E-state index in [4.69, 9.17) is 5.11 Å². The van der Waals surface area contributed by atoms with E-state index in [9.17, 15) is 8.78 Å². The largest absolute Gasteiger partial charge is 0.396 e. The van der Waals surface area contributed by atoms with Gasteiger partial charge in [-0.25, -0.2) is 8.78 Å². The van der Waals surface area contributed by atoms with E-state index in [1.54, 1.807) is 4.90 Å². The average Bonchev–Trinajstić information content (AvgIpc) is 2.35. The third kappa shape index (κ3) is 2.54. The number of hydrogen-bond acceptors (Lipinski definition) is 2. The Labute approximate surface area is 106 Å². The lowest BCUT2D eigenvalue weighted by atomic mass is 9.77. The topological polar surface area (TPSA) is 23.5 Å². The van der Waals surface area contributed by atoms with E-state index in [1.807, 2.05) is 30.3 Å². The first kappa shape index (κ1) is 13.4. The number of alkyl halides is 2. The van der Waals surface area contributed by atoms with Crippen LogP contribution in [0, 0.1) is 5.41 Å². The summed E-state index contributed by atoms with van der Waals surface area (Å²) >= 11 is 0. The summed E-state index contributed by atoms with van der Waals surface area (Å²) in [6.45, 7) is 1.87. The molecule has 1 fully saturated rings. The number of aliphatic hydroxyl groups excluding tert-OH is 1. The van der Waals surface area contributed by atoms with Crippen LogP contribution in [0.15, 0.2) is 30.3 Å². The molecule has 0 aromatic heterocycles. The summed E-state index contributed by atoms with van der Waals surface area (Å²) in [4.78, 5) is 1.76. The predicted octanol–water partition coefficient (Wildman–Crippen LogP) is 2.53. The van der Waals surface area contributed by atoms with Crippen LogP contribution in [0.3, 0.4) is 0 Å². The zero-order chi connectivity index (χ0) is 13.2. The SMILES string of the molecule is CC1(CO)CCN(Cc2ccccc2)CC1(F)F. The van der Waals surface area contributed by atoms with E-state index in [0.29, 0.717) is 19.5 Å². The van der Waals surface area contributed by atoms with Gasteiger partial charge in [-0.05, 0) is 18.5 Å². The first-order valence-electron chi connectivity index (χ1n) is 6.22. The summed E-state index contributed by atoms with van der Waals surface area (Å²) in [6, 6.07) is 9.62. The summed E-state index contributed by atoms with van der Waals surface area (Å²) in [7, 11) is 0. The van der Waals surface area contributed by atoms with Gasteiger partial charge >= 0.3 is 0 Å². The third-order valence-corrected chi connectivity index (χ3v) is 3.88. The molecule has 1 unspecified atom stereocenters. The molecule has 1 atom stereocenters. The summed E-state index contributed by atoms with van der Waals surface area (Å²) in [5.41, 5.74) is -0.235. The predicted molar refractivity (Wildman–Crippen MR) is 66.5 cm³/mol. The van der Waals surface area contributed by atoms with E-state index >= 15 is 0 Å². The van der Waals surface area contributed by atoms with Gasteiger partial charge in [-0.3, -0.25) is 4.90 Å². The van der Waals surface area contributed by atoms with Crippen molar-refractivity contribution in [2.24, 2.45) is 5.41 Å². The Morgan fingerprint density at radius 1 is 1.28 bits per heavy atom. The van der Waals surface area contributed by atoms with Crippen LogP contribution in [0.5, 0.6) is 0 Å². The Hall–Kier alpha value is -1.00. The molecule has 1 aromatic carbocycles. The van der Waals surface area contributed by atoms with Gasteiger partial charge < -0.3 is 5.11 Å². The van der Waals surface area contributed by atoms with Crippen LogP contribution in [0.1, 0.15) is 18.9 Å². The fourth-order valence-corrected chi connectivity index (χ4v) is 2.31. The Kier molecular flexibility index (Phi) is 3.69. The minimum Gasteiger partial charge on any atom is -0.396 e. The lowest BCUT2D eigenvalue weighted by Crippen LogP contribution is -2.55. The van der Waals surface area contributed by atoms with Gasteiger partial charge in [0.1, 0.15) is 0 Å². The lowest BCUT2D eigenvalue weighted by Gasteiger charge is -2.44. The first-order valence-corrected chi connectivity index (χ1v) is 6.22. The monoisotopic (exact) mass is 255 g/mol. The number of benzene rings is 1. The maximum Gasteiger partial charge on any atom is 0.268 e. The molecule has 1 saturated heterocycles. The number of likely N-dealkylation sites (tertiary alicyclic amines) is 1. The molecular formula is C14H19F2NO. The van der Waals surface area contributed by atoms with Crippen molar-refractivity contribution >= 4 is 0 Å². The molecule has 0 bridgehead atoms. The Bertz CT molecular complexity index is 396. The molecule has 2 nitrogen and oxygen atoms in total. The second kappa shape index (κ2) is 4.94. The molecule has 2 rings (SSSR count). The quantitative estimate of drug-likeness (QED) is 0.897. The molecule has 1 aliphatic rings. The smallest absolute Gasteiger partial charge is 0.268 e. The second-order valence-corrected chi connectivity index (χ2v) is 5.37. The molecule has 18 heavy (non-hydrogen) atoms. The van der Waals surface area contributed by atoms with Crippen LogP contribution in [0.4, 0.5) is 8.78 Å². The average molecular weight is 255 g/mol. The van der Waals surface area contributed by atoms with Crippen molar-refractivity contribution in [1.29, 1.82) is 0 Å². The Morgan fingerprint density at radius 2 is 1.94 bits per heavy atom. The molecule has 1 aromatic rings. The Morgan fingerprint density at radius 3 is 2.50 bits per heavy atom. The van der Waals surface area contributed by atoms with E-state index in [2.05, 4.69) is 0 Å². The standard InChI is InChI=1S/C14H19F2NO/c1-13(11-18)7-8-17(10-14(13,15)16)9-12-5-3-2-4-6-12/h2-6,18H,7-11H2,1H3. The number of halogens is 2. The van der Waals surface area contributed by atoms with Crippen molar-refractivity contribution in [3.8, 4) is 0 Å². The highest BCUT2D eigenvalue weighted by molar-refractivity contribution is 5.14. The first-order chi connectivity index (χ1) is 8.47. The summed E-state index contributed by atoms with van der Waals surface area (Å²) in [6.07, 6.45) is 0.323. The van der Waals surface area contributed by atoms with Gasteiger partial charge in [0, 0.05) is 6.54 Å². The van der Waals surface area contributed by atoms with Crippen LogP contribution in [-0.2, 0) is 6.54 Å². The summed E-state index contributed by atoms with van der Waals surface area (Å²) < 4.78 is 28.0. The fourth-order valence-electron chi connectivity index (χ4n) is 2.31. The van der Waals surface area contributed by atoms with Crippen LogP contribution < -0.4 is 0 Å². The number of rotatable bonds is 3. The van der Waals surface area contributed by atoms with Crippen molar-refractivity contribution in [2.75, 3.05) is 19.7 Å². The molecule has 0 radical (unpaired) electrons. The molecular weight excluding hydrogens is 236 g/mol. The van der Waals surface area contributed by atoms with Crippen molar-refractivity contribution in [3.63, 3.8) is 0 Å². The zero-order valence-corrected chi connectivity index (χ0v) is 10.6. The lowest BCUT2D eigenvalue weighted by molar-refractivity contribution is -0.177. The summed E-state index contributed by atoms with van der Waals surface area (Å²) in [5, 5.41) is 9.16. The fraction of sp³-hybridized carbons (Fsp3) is 0.571. The summed E-state index contributed by atoms with van der Waals surface area (Å²) in [5.74, 6) is -2.84. The number of aliphatic hydroxyl groups is 1. The molecule has 1 aliphatic heterocycles. The minimum absolute atomic E-state index is 0.279. The second-order valence-electron chi connectivity index (χ2n) is 5.37. The normalized spacial score (nSPS) is 28.2. The molecule has 1 heterocycles. The van der Waals surface area contributed by atoms with Crippen molar-refractivity contribution < 1.29 is 13.9 Å². The number of piperidine rings is 1. The van der Waals surface area contributed by atoms with Crippen LogP contribution >= 0.6 is 0 Å². The van der Waals surface area contributed by atoms with Crippen LogP contribution in [0.2, 0.25) is 0 Å². The molecule has 0 aliphatic carbocycles. The van der Waals surface area contributed by atoms with Gasteiger partial charge in [0.25, 0.3) is 5.92 Å². The van der Waals surface area contributed by atoms with Crippen LogP contribution in [0.25, 0.3) is 0 Å². The molecule has 4 heteroatoms. The Balaban J connectivity index is 2.03. The van der Waals surface area contributed by atoms with Crippen molar-refractivity contribution in [3.05, 3.63) is 35.9 Å². The van der Waals surface area contributed by atoms with Gasteiger partial charge in [0.15, 0.2) is 0 Å². The maximum absolute atomic E-state index is 14.0. The van der Waals surface area contributed by atoms with Crippen molar-refractivity contribution in [2.45, 2.75) is 25.8 Å². The molecule has 0 amide bonds. The highest BCUT2D eigenvalue weighted by atomic mass is 19.3. The maximum atomic E-state index is 14.0. The number of hydrogen-bond donors (Lipinski definition) is 1. The van der Waals surface area contributed by atoms with Crippen LogP contribution in [-0.4, -0.2) is 35.6 Å². The molecule has 0 spiro atoms. The number of nitrogens with zero attached hydrogens (tertiary/aromatic N) is 1. The van der Waals surface area contributed by atoms with Gasteiger partial charge in [0.05, 0.1) is 18.6 Å². The van der Waals surface area contributed by atoms with Gasteiger partial charge in [-0.15, -0.1) is 0 Å². The third-order valence-electron chi connectivity index (χ3n) is 3.88. The van der Waals surface area contributed by atoms with E-state index in [-0.39, 0.29) is 6.54 Å².